The zero-order valence-corrected chi connectivity index (χ0v) is 11.0. The zero-order valence-electron chi connectivity index (χ0n) is 9.37. The van der Waals surface area contributed by atoms with Crippen LogP contribution in [0.25, 0.3) is 0 Å². The van der Waals surface area contributed by atoms with E-state index in [0.717, 1.165) is 12.6 Å². The third kappa shape index (κ3) is 4.55. The molecule has 0 aliphatic carbocycles. The fourth-order valence-electron chi connectivity index (χ4n) is 1.37. The van der Waals surface area contributed by atoms with Gasteiger partial charge in [0.2, 0.25) is 0 Å². The smallest absolute Gasteiger partial charge is 0.383 e. The Morgan fingerprint density at radius 3 is 2.53 bits per heavy atom. The van der Waals surface area contributed by atoms with Gasteiger partial charge in [0.25, 0.3) is 0 Å². The molecular weight excluding hydrogens is 297 g/mol. The maximum atomic E-state index is 12.7. The van der Waals surface area contributed by atoms with E-state index in [2.05, 4.69) is 26.6 Å². The van der Waals surface area contributed by atoms with Crippen LogP contribution in [0, 0.1) is 0 Å². The fraction of sp³-hybridized carbons (Fsp3) is 0.455. The van der Waals surface area contributed by atoms with Crippen LogP contribution >= 0.6 is 15.9 Å². The Kier molecular flexibility index (Phi) is 5.27. The van der Waals surface area contributed by atoms with Crippen molar-refractivity contribution in [3.63, 3.8) is 0 Å². The van der Waals surface area contributed by atoms with E-state index < -0.39 is 11.7 Å². The maximum absolute atomic E-state index is 12.7. The van der Waals surface area contributed by atoms with Crippen molar-refractivity contribution in [1.29, 1.82) is 0 Å². The number of anilines is 1. The van der Waals surface area contributed by atoms with Crippen LogP contribution < -0.4 is 10.6 Å². The summed E-state index contributed by atoms with van der Waals surface area (Å²) in [5.74, 6) is 0. The second-order valence-corrected chi connectivity index (χ2v) is 4.38. The summed E-state index contributed by atoms with van der Waals surface area (Å²) < 4.78 is 38.7. The van der Waals surface area contributed by atoms with Gasteiger partial charge in [0.05, 0.1) is 5.56 Å². The number of rotatable bonds is 5. The first-order chi connectivity index (χ1) is 7.95. The molecular formula is C11H14BrF3N2. The Morgan fingerprint density at radius 2 is 1.94 bits per heavy atom. The van der Waals surface area contributed by atoms with Gasteiger partial charge in [0, 0.05) is 23.2 Å². The van der Waals surface area contributed by atoms with Crippen molar-refractivity contribution in [2.45, 2.75) is 13.1 Å². The number of likely N-dealkylation sites (N-methyl/N-ethyl adjacent to an activating group) is 1. The average Bonchev–Trinajstić information content (AvgIpc) is 2.23. The summed E-state index contributed by atoms with van der Waals surface area (Å²) in [7, 11) is 0. The molecule has 6 heteroatoms. The molecule has 1 aromatic carbocycles. The van der Waals surface area contributed by atoms with Crippen molar-refractivity contribution in [2.24, 2.45) is 0 Å². The van der Waals surface area contributed by atoms with Crippen LogP contribution in [0.2, 0.25) is 0 Å². The molecule has 0 saturated carbocycles. The number of benzene rings is 1. The molecule has 0 aliphatic rings. The molecule has 17 heavy (non-hydrogen) atoms. The molecule has 0 spiro atoms. The minimum Gasteiger partial charge on any atom is -0.383 e. The zero-order chi connectivity index (χ0) is 12.9. The normalized spacial score (nSPS) is 11.6. The van der Waals surface area contributed by atoms with Crippen molar-refractivity contribution in [3.8, 4) is 0 Å². The predicted octanol–water partition coefficient (Wildman–Crippen LogP) is 3.49. The summed E-state index contributed by atoms with van der Waals surface area (Å²) in [6, 6.07) is 3.90. The van der Waals surface area contributed by atoms with E-state index in [4.69, 9.17) is 0 Å². The van der Waals surface area contributed by atoms with E-state index >= 15 is 0 Å². The largest absolute Gasteiger partial charge is 0.418 e. The molecule has 0 heterocycles. The summed E-state index contributed by atoms with van der Waals surface area (Å²) >= 11 is 3.16. The van der Waals surface area contributed by atoms with E-state index in [-0.39, 0.29) is 5.69 Å². The van der Waals surface area contributed by atoms with Gasteiger partial charge in [-0.2, -0.15) is 13.2 Å². The molecule has 0 saturated heterocycles. The first-order valence-corrected chi connectivity index (χ1v) is 6.05. The molecule has 0 bridgehead atoms. The van der Waals surface area contributed by atoms with Crippen LogP contribution in [0.5, 0.6) is 0 Å². The van der Waals surface area contributed by atoms with Crippen molar-refractivity contribution >= 4 is 21.6 Å². The van der Waals surface area contributed by atoms with Crippen molar-refractivity contribution < 1.29 is 13.2 Å². The Morgan fingerprint density at radius 1 is 1.24 bits per heavy atom. The highest BCUT2D eigenvalue weighted by atomic mass is 79.9. The van der Waals surface area contributed by atoms with E-state index in [1.807, 2.05) is 6.92 Å². The molecule has 0 radical (unpaired) electrons. The van der Waals surface area contributed by atoms with Gasteiger partial charge in [0.15, 0.2) is 0 Å². The van der Waals surface area contributed by atoms with Gasteiger partial charge in [-0.15, -0.1) is 0 Å². The lowest BCUT2D eigenvalue weighted by Gasteiger charge is -2.15. The van der Waals surface area contributed by atoms with Gasteiger partial charge in [0.1, 0.15) is 0 Å². The SMILES string of the molecule is CCNCCNc1cc(Br)ccc1C(F)(F)F. The standard InChI is InChI=1S/C11H14BrF3N2/c1-2-16-5-6-17-10-7-8(12)3-4-9(10)11(13,14)15/h3-4,7,16-17H,2,5-6H2,1H3. The van der Waals surface area contributed by atoms with Crippen LogP contribution in [-0.4, -0.2) is 19.6 Å². The molecule has 0 unspecified atom stereocenters. The number of alkyl halides is 3. The predicted molar refractivity (Wildman–Crippen MR) is 66.2 cm³/mol. The number of hydrogen-bond donors (Lipinski definition) is 2. The van der Waals surface area contributed by atoms with Crippen molar-refractivity contribution in [2.75, 3.05) is 25.0 Å². The van der Waals surface area contributed by atoms with Gasteiger partial charge in [-0.3, -0.25) is 0 Å². The molecule has 1 rings (SSSR count). The molecule has 0 fully saturated rings. The highest BCUT2D eigenvalue weighted by molar-refractivity contribution is 9.10. The monoisotopic (exact) mass is 310 g/mol. The van der Waals surface area contributed by atoms with Gasteiger partial charge in [-0.1, -0.05) is 22.9 Å². The lowest BCUT2D eigenvalue weighted by molar-refractivity contribution is -0.136. The van der Waals surface area contributed by atoms with Crippen LogP contribution in [-0.2, 0) is 6.18 Å². The maximum Gasteiger partial charge on any atom is 0.418 e. The summed E-state index contributed by atoms with van der Waals surface area (Å²) in [5.41, 5.74) is -0.540. The number of halogens is 4. The highest BCUT2D eigenvalue weighted by Crippen LogP contribution is 2.36. The lowest BCUT2D eigenvalue weighted by atomic mass is 10.1. The van der Waals surface area contributed by atoms with Gasteiger partial charge in [-0.25, -0.2) is 0 Å². The second-order valence-electron chi connectivity index (χ2n) is 3.47. The number of nitrogens with one attached hydrogen (secondary N) is 2. The van der Waals surface area contributed by atoms with Crippen LogP contribution in [0.1, 0.15) is 12.5 Å². The van der Waals surface area contributed by atoms with Crippen LogP contribution in [0.4, 0.5) is 18.9 Å². The van der Waals surface area contributed by atoms with Gasteiger partial charge in [-0.05, 0) is 24.7 Å². The summed E-state index contributed by atoms with van der Waals surface area (Å²) in [5, 5.41) is 5.82. The van der Waals surface area contributed by atoms with E-state index in [9.17, 15) is 13.2 Å². The molecule has 2 nitrogen and oxygen atoms in total. The van der Waals surface area contributed by atoms with Gasteiger partial charge < -0.3 is 10.6 Å². The first-order valence-electron chi connectivity index (χ1n) is 5.26. The summed E-state index contributed by atoms with van der Waals surface area (Å²) in [6.07, 6.45) is -4.33. The average molecular weight is 311 g/mol. The van der Waals surface area contributed by atoms with Crippen molar-refractivity contribution in [3.05, 3.63) is 28.2 Å². The lowest BCUT2D eigenvalue weighted by Crippen LogP contribution is -2.22. The fourth-order valence-corrected chi connectivity index (χ4v) is 1.73. The molecule has 96 valence electrons. The quantitative estimate of drug-likeness (QED) is 0.814. The third-order valence-corrected chi connectivity index (χ3v) is 2.65. The van der Waals surface area contributed by atoms with Crippen LogP contribution in [0.15, 0.2) is 22.7 Å². The Balaban J connectivity index is 2.77. The molecule has 0 aromatic heterocycles. The minimum atomic E-state index is -4.33. The van der Waals surface area contributed by atoms with Crippen LogP contribution in [0.3, 0.4) is 0 Å². The molecule has 1 aromatic rings. The highest BCUT2D eigenvalue weighted by Gasteiger charge is 2.33. The molecule has 0 amide bonds. The van der Waals surface area contributed by atoms with E-state index in [1.54, 1.807) is 0 Å². The van der Waals surface area contributed by atoms with E-state index in [0.29, 0.717) is 17.6 Å². The molecule has 0 aliphatic heterocycles. The Labute approximate surface area is 107 Å². The third-order valence-electron chi connectivity index (χ3n) is 2.15. The molecule has 2 N–H and O–H groups in total. The second kappa shape index (κ2) is 6.26. The summed E-state index contributed by atoms with van der Waals surface area (Å²) in [4.78, 5) is 0. The minimum absolute atomic E-state index is 0.102. The Hall–Kier alpha value is -0.750. The molecule has 0 atom stereocenters. The van der Waals surface area contributed by atoms with E-state index in [1.165, 1.54) is 12.1 Å². The van der Waals surface area contributed by atoms with Crippen molar-refractivity contribution in [1.82, 2.24) is 5.32 Å². The topological polar surface area (TPSA) is 24.1 Å². The first kappa shape index (κ1) is 14.3. The van der Waals surface area contributed by atoms with Gasteiger partial charge >= 0.3 is 6.18 Å². The summed E-state index contributed by atoms with van der Waals surface area (Å²) in [6.45, 7) is 3.82. The Bertz CT molecular complexity index is 366. The number of hydrogen-bond acceptors (Lipinski definition) is 2.